The highest BCUT2D eigenvalue weighted by molar-refractivity contribution is 5.93. The van der Waals surface area contributed by atoms with Crippen molar-refractivity contribution in [1.29, 1.82) is 5.26 Å². The van der Waals surface area contributed by atoms with Crippen LogP contribution in [0, 0.1) is 29.1 Å². The summed E-state index contributed by atoms with van der Waals surface area (Å²) in [4.78, 5) is 12.0. The number of ether oxygens (including phenoxy) is 1. The van der Waals surface area contributed by atoms with Crippen LogP contribution >= 0.6 is 0 Å². The Kier molecular flexibility index (Phi) is 6.45. The molecule has 0 bridgehead atoms. The fourth-order valence-corrected chi connectivity index (χ4v) is 4.10. The monoisotopic (exact) mass is 315 g/mol. The number of nitriles is 1. The van der Waals surface area contributed by atoms with Gasteiger partial charge in [-0.25, -0.2) is 4.79 Å². The molecule has 0 aliphatic heterocycles. The van der Waals surface area contributed by atoms with Crippen molar-refractivity contribution in [2.45, 2.75) is 65.7 Å². The Balaban J connectivity index is 2.06. The van der Waals surface area contributed by atoms with Gasteiger partial charge in [-0.15, -0.1) is 0 Å². The molecule has 0 heterocycles. The first kappa shape index (κ1) is 17.8. The number of carbonyl (C=O) groups is 1. The van der Waals surface area contributed by atoms with Gasteiger partial charge in [0.05, 0.1) is 6.61 Å². The maximum atomic E-state index is 12.0. The lowest BCUT2D eigenvalue weighted by Crippen LogP contribution is -2.18. The Morgan fingerprint density at radius 1 is 1.43 bits per heavy atom. The summed E-state index contributed by atoms with van der Waals surface area (Å²) in [6, 6.07) is 2.11. The quantitative estimate of drug-likeness (QED) is 0.312. The third kappa shape index (κ3) is 4.47. The molecule has 0 aromatic carbocycles. The molecule has 0 spiro atoms. The zero-order valence-electron chi connectivity index (χ0n) is 14.7. The molecule has 23 heavy (non-hydrogen) atoms. The molecule has 126 valence electrons. The van der Waals surface area contributed by atoms with E-state index >= 15 is 0 Å². The lowest BCUT2D eigenvalue weighted by atomic mass is 9.76. The zero-order valence-corrected chi connectivity index (χ0v) is 14.7. The molecular weight excluding hydrogens is 286 g/mol. The average molecular weight is 315 g/mol. The molecule has 2 rings (SSSR count). The second-order valence-electron chi connectivity index (χ2n) is 7.12. The lowest BCUT2D eigenvalue weighted by Gasteiger charge is -2.29. The minimum Gasteiger partial charge on any atom is -0.462 e. The second kappa shape index (κ2) is 8.34. The van der Waals surface area contributed by atoms with Gasteiger partial charge < -0.3 is 4.74 Å². The van der Waals surface area contributed by atoms with E-state index in [4.69, 9.17) is 4.74 Å². The van der Waals surface area contributed by atoms with E-state index in [1.807, 2.05) is 0 Å². The molecule has 0 aromatic rings. The predicted molar refractivity (Wildman–Crippen MR) is 91.5 cm³/mol. The summed E-state index contributed by atoms with van der Waals surface area (Å²) < 4.78 is 5.06. The van der Waals surface area contributed by atoms with Crippen LogP contribution in [0.15, 0.2) is 22.8 Å². The van der Waals surface area contributed by atoms with Gasteiger partial charge in [-0.1, -0.05) is 18.6 Å². The molecule has 0 radical (unpaired) electrons. The Hall–Kier alpha value is -1.56. The van der Waals surface area contributed by atoms with Crippen molar-refractivity contribution >= 4 is 5.97 Å². The van der Waals surface area contributed by atoms with Crippen LogP contribution in [-0.4, -0.2) is 12.6 Å². The lowest BCUT2D eigenvalue weighted by molar-refractivity contribution is -0.138. The molecule has 0 saturated heterocycles. The summed E-state index contributed by atoms with van der Waals surface area (Å²) in [6.07, 6.45) is 10.2. The maximum Gasteiger partial charge on any atom is 0.348 e. The summed E-state index contributed by atoms with van der Waals surface area (Å²) in [5.41, 5.74) is 2.85. The summed E-state index contributed by atoms with van der Waals surface area (Å²) >= 11 is 0. The van der Waals surface area contributed by atoms with Crippen LogP contribution in [0.5, 0.6) is 0 Å². The van der Waals surface area contributed by atoms with Gasteiger partial charge >= 0.3 is 5.97 Å². The zero-order chi connectivity index (χ0) is 16.8. The number of esters is 1. The first-order chi connectivity index (χ1) is 11.1. The van der Waals surface area contributed by atoms with Crippen molar-refractivity contribution < 1.29 is 9.53 Å². The number of rotatable bonds is 5. The molecule has 2 aliphatic carbocycles. The highest BCUT2D eigenvalue weighted by atomic mass is 16.5. The smallest absolute Gasteiger partial charge is 0.348 e. The van der Waals surface area contributed by atoms with E-state index in [9.17, 15) is 10.1 Å². The summed E-state index contributed by atoms with van der Waals surface area (Å²) in [6.45, 7) is 6.67. The van der Waals surface area contributed by atoms with Crippen molar-refractivity contribution in [2.24, 2.45) is 17.8 Å². The highest BCUT2D eigenvalue weighted by Crippen LogP contribution is 2.41. The van der Waals surface area contributed by atoms with Crippen LogP contribution < -0.4 is 0 Å². The predicted octanol–water partition coefficient (Wildman–Crippen LogP) is 4.94. The number of hydrogen-bond acceptors (Lipinski definition) is 3. The molecule has 0 N–H and O–H groups in total. The van der Waals surface area contributed by atoms with E-state index in [0.29, 0.717) is 18.4 Å². The van der Waals surface area contributed by atoms with Crippen LogP contribution in [0.1, 0.15) is 65.7 Å². The van der Waals surface area contributed by atoms with Crippen molar-refractivity contribution in [3.8, 4) is 6.07 Å². The Morgan fingerprint density at radius 3 is 2.83 bits per heavy atom. The Labute approximate surface area is 140 Å². The highest BCUT2D eigenvalue weighted by Gasteiger charge is 2.31. The van der Waals surface area contributed by atoms with E-state index in [0.717, 1.165) is 37.2 Å². The van der Waals surface area contributed by atoms with Gasteiger partial charge in [-0.2, -0.15) is 5.26 Å². The van der Waals surface area contributed by atoms with Gasteiger partial charge in [0, 0.05) is 0 Å². The summed E-state index contributed by atoms with van der Waals surface area (Å²) in [7, 11) is 0. The van der Waals surface area contributed by atoms with Crippen molar-refractivity contribution in [3.63, 3.8) is 0 Å². The van der Waals surface area contributed by atoms with Crippen LogP contribution in [0.25, 0.3) is 0 Å². The molecule has 1 fully saturated rings. The van der Waals surface area contributed by atoms with Gasteiger partial charge in [-0.3, -0.25) is 0 Å². The van der Waals surface area contributed by atoms with Crippen LogP contribution in [-0.2, 0) is 9.53 Å². The van der Waals surface area contributed by atoms with Gasteiger partial charge in [0.2, 0.25) is 0 Å². The molecule has 2 aliphatic rings. The second-order valence-corrected chi connectivity index (χ2v) is 7.12. The minimum absolute atomic E-state index is 0.279. The van der Waals surface area contributed by atoms with Gasteiger partial charge in [0.15, 0.2) is 0 Å². The van der Waals surface area contributed by atoms with Crippen LogP contribution in [0.3, 0.4) is 0 Å². The van der Waals surface area contributed by atoms with Crippen LogP contribution in [0.2, 0.25) is 0 Å². The average Bonchev–Trinajstić information content (AvgIpc) is 2.97. The minimum atomic E-state index is -0.430. The van der Waals surface area contributed by atoms with E-state index in [2.05, 4.69) is 26.0 Å². The summed E-state index contributed by atoms with van der Waals surface area (Å²) in [5, 5.41) is 9.40. The largest absolute Gasteiger partial charge is 0.462 e. The van der Waals surface area contributed by atoms with Crippen molar-refractivity contribution in [3.05, 3.63) is 22.8 Å². The molecule has 3 heteroatoms. The van der Waals surface area contributed by atoms with E-state index in [1.165, 1.54) is 24.8 Å². The van der Waals surface area contributed by atoms with E-state index < -0.39 is 5.97 Å². The third-order valence-electron chi connectivity index (χ3n) is 5.54. The molecule has 3 atom stereocenters. The van der Waals surface area contributed by atoms with Crippen LogP contribution in [0.4, 0.5) is 0 Å². The third-order valence-corrected chi connectivity index (χ3v) is 5.54. The fourth-order valence-electron chi connectivity index (χ4n) is 4.10. The molecule has 1 saturated carbocycles. The number of hydrogen-bond donors (Lipinski definition) is 0. The first-order valence-electron chi connectivity index (χ1n) is 9.02. The standard InChI is InChI=1S/C20H29NO2/c1-4-23-20(22)19(13-21)18-7-5-6-17(18)12-15(3)16-10-8-14(2)9-11-16/h8,15-17H,4-7,9-12H2,1-3H3/b19-18-. The summed E-state index contributed by atoms with van der Waals surface area (Å²) in [5.74, 6) is 1.34. The molecule has 3 unspecified atom stereocenters. The van der Waals surface area contributed by atoms with Gasteiger partial charge in [0.25, 0.3) is 0 Å². The number of nitrogens with zero attached hydrogens (tertiary/aromatic N) is 1. The molecule has 0 aromatic heterocycles. The normalized spacial score (nSPS) is 27.8. The van der Waals surface area contributed by atoms with Gasteiger partial charge in [-0.05, 0) is 82.1 Å². The molecule has 0 amide bonds. The fraction of sp³-hybridized carbons (Fsp3) is 0.700. The molecular formula is C20H29NO2. The van der Waals surface area contributed by atoms with Crippen molar-refractivity contribution in [1.82, 2.24) is 0 Å². The van der Waals surface area contributed by atoms with E-state index in [1.54, 1.807) is 6.92 Å². The van der Waals surface area contributed by atoms with Gasteiger partial charge in [0.1, 0.15) is 11.6 Å². The van der Waals surface area contributed by atoms with Crippen molar-refractivity contribution in [2.75, 3.05) is 6.61 Å². The van der Waals surface area contributed by atoms with E-state index in [-0.39, 0.29) is 5.57 Å². The maximum absolute atomic E-state index is 12.0. The SMILES string of the molecule is CCOC(=O)/C(C#N)=C1/CCCC1CC(C)C1CC=C(C)CC1. The Bertz CT molecular complexity index is 538. The Morgan fingerprint density at radius 2 is 2.22 bits per heavy atom. The number of carbonyl (C=O) groups excluding carboxylic acids is 1. The molecule has 3 nitrogen and oxygen atoms in total. The topological polar surface area (TPSA) is 50.1 Å². The first-order valence-corrected chi connectivity index (χ1v) is 9.02. The number of allylic oxidation sites excluding steroid dienone is 3.